The summed E-state index contributed by atoms with van der Waals surface area (Å²) in [6, 6.07) is 6.34. The van der Waals surface area contributed by atoms with E-state index in [4.69, 9.17) is 4.42 Å². The smallest absolute Gasteiger partial charge is 0.192 e. The van der Waals surface area contributed by atoms with Crippen molar-refractivity contribution in [3.8, 4) is 0 Å². The van der Waals surface area contributed by atoms with E-state index >= 15 is 0 Å². The van der Waals surface area contributed by atoms with Crippen LogP contribution in [0, 0.1) is 29.6 Å². The number of aliphatic hydroxyl groups excluding tert-OH is 1. The molecule has 4 unspecified atom stereocenters. The summed E-state index contributed by atoms with van der Waals surface area (Å²) in [4.78, 5) is 4.46. The molecule has 1 aromatic carbocycles. The van der Waals surface area contributed by atoms with E-state index in [9.17, 15) is 10.2 Å². The number of rotatable bonds is 1. The molecule has 0 spiro atoms. The second kappa shape index (κ2) is 6.93. The van der Waals surface area contributed by atoms with Gasteiger partial charge in [0.25, 0.3) is 0 Å². The fraction of sp³-hybridized carbons (Fsp3) is 0.552. The molecule has 1 fully saturated rings. The second-order valence-electron chi connectivity index (χ2n) is 11.7. The number of oxazole rings is 1. The first-order chi connectivity index (χ1) is 15.6. The number of nitrogens with zero attached hydrogens (tertiary/aromatic N) is 1. The lowest BCUT2D eigenvalue weighted by atomic mass is 9.49. The Hall–Kier alpha value is -2.17. The molecule has 6 rings (SSSR count). The molecule has 4 heteroatoms. The van der Waals surface area contributed by atoms with Crippen LogP contribution in [0.4, 0.5) is 0 Å². The van der Waals surface area contributed by atoms with Crippen molar-refractivity contribution in [1.82, 2.24) is 4.98 Å². The maximum atomic E-state index is 12.4. The summed E-state index contributed by atoms with van der Waals surface area (Å²) >= 11 is 0. The highest BCUT2D eigenvalue weighted by atomic mass is 16.3. The summed E-state index contributed by atoms with van der Waals surface area (Å²) in [6.07, 6.45) is 12.0. The number of benzene rings is 1. The Labute approximate surface area is 196 Å². The van der Waals surface area contributed by atoms with Gasteiger partial charge in [-0.1, -0.05) is 50.6 Å². The van der Waals surface area contributed by atoms with Gasteiger partial charge >= 0.3 is 0 Å². The first kappa shape index (κ1) is 21.4. The van der Waals surface area contributed by atoms with Gasteiger partial charge in [-0.15, -0.1) is 0 Å². The topological polar surface area (TPSA) is 66.5 Å². The van der Waals surface area contributed by atoms with Crippen LogP contribution in [0.15, 0.2) is 52.0 Å². The van der Waals surface area contributed by atoms with E-state index in [2.05, 4.69) is 62.2 Å². The maximum absolute atomic E-state index is 12.4. The predicted molar refractivity (Wildman–Crippen MR) is 130 cm³/mol. The van der Waals surface area contributed by atoms with Gasteiger partial charge in [-0.2, -0.15) is 0 Å². The van der Waals surface area contributed by atoms with E-state index in [-0.39, 0.29) is 22.9 Å². The number of allylic oxidation sites excluding steroid dienone is 3. The van der Waals surface area contributed by atoms with Crippen LogP contribution in [-0.2, 0) is 0 Å². The number of hydrogen-bond acceptors (Lipinski definition) is 4. The SMILES string of the molecule is Cc1nc2ccc(C3=CCC4C3(C)C(C)(C)C=C3C=C5CC(O)CCC5CC[C@@]34O)cc2o1. The number of hydrogen-bond donors (Lipinski definition) is 2. The first-order valence-electron chi connectivity index (χ1n) is 12.5. The molecule has 5 atom stereocenters. The molecule has 0 saturated heterocycles. The van der Waals surface area contributed by atoms with E-state index in [1.807, 2.05) is 6.92 Å². The lowest BCUT2D eigenvalue weighted by molar-refractivity contribution is -0.0651. The van der Waals surface area contributed by atoms with E-state index in [1.54, 1.807) is 0 Å². The third-order valence-corrected chi connectivity index (χ3v) is 9.61. The molecule has 0 aliphatic heterocycles. The number of aliphatic hydroxyl groups is 2. The second-order valence-corrected chi connectivity index (χ2v) is 11.7. The Morgan fingerprint density at radius 2 is 1.94 bits per heavy atom. The van der Waals surface area contributed by atoms with Crippen LogP contribution in [0.25, 0.3) is 16.7 Å². The first-order valence-corrected chi connectivity index (χ1v) is 12.5. The normalized spacial score (nSPS) is 37.4. The van der Waals surface area contributed by atoms with E-state index in [1.165, 1.54) is 16.7 Å². The minimum absolute atomic E-state index is 0.115. The average Bonchev–Trinajstić information content (AvgIpc) is 3.27. The lowest BCUT2D eigenvalue weighted by Crippen LogP contribution is -2.55. The minimum atomic E-state index is -0.843. The van der Waals surface area contributed by atoms with E-state index < -0.39 is 5.60 Å². The largest absolute Gasteiger partial charge is 0.441 e. The fourth-order valence-corrected chi connectivity index (χ4v) is 7.54. The van der Waals surface area contributed by atoms with Crippen LogP contribution in [0.1, 0.15) is 70.8 Å². The Kier molecular flexibility index (Phi) is 4.49. The summed E-state index contributed by atoms with van der Waals surface area (Å²) in [5.74, 6) is 1.29. The maximum Gasteiger partial charge on any atom is 0.192 e. The standard InChI is InChI=1S/C29H35NO3/c1-17-30-24-9-6-19(15-25(24)33-17)23-8-10-26-28(23,4)27(2,3)16-21-13-20-14-22(31)7-5-18(20)11-12-29(21,26)32/h6,8-9,13,15-16,18,22,26,31-32H,5,7,10-12,14H2,1-4H3/t18?,22?,26?,28?,29-/m1/s1. The zero-order chi connectivity index (χ0) is 23.2. The van der Waals surface area contributed by atoms with E-state index in [0.717, 1.165) is 55.2 Å². The van der Waals surface area contributed by atoms with Crippen LogP contribution in [0.2, 0.25) is 0 Å². The van der Waals surface area contributed by atoms with Crippen LogP contribution in [0.5, 0.6) is 0 Å². The molecule has 4 aliphatic rings. The predicted octanol–water partition coefficient (Wildman–Crippen LogP) is 6.12. The fourth-order valence-electron chi connectivity index (χ4n) is 7.54. The van der Waals surface area contributed by atoms with Crippen molar-refractivity contribution in [1.29, 1.82) is 0 Å². The monoisotopic (exact) mass is 445 g/mol. The molecule has 2 N–H and O–H groups in total. The van der Waals surface area contributed by atoms with Crippen molar-refractivity contribution < 1.29 is 14.6 Å². The molecule has 33 heavy (non-hydrogen) atoms. The molecule has 174 valence electrons. The Morgan fingerprint density at radius 1 is 1.12 bits per heavy atom. The number of fused-ring (bicyclic) bond motifs is 5. The van der Waals surface area contributed by atoms with Gasteiger partial charge < -0.3 is 14.6 Å². The molecule has 0 amide bonds. The molecular formula is C29H35NO3. The molecule has 4 aliphatic carbocycles. The van der Waals surface area contributed by atoms with Gasteiger partial charge in [0.2, 0.25) is 0 Å². The highest BCUT2D eigenvalue weighted by Gasteiger charge is 2.62. The third-order valence-electron chi connectivity index (χ3n) is 9.61. The van der Waals surface area contributed by atoms with Crippen molar-refractivity contribution in [2.45, 2.75) is 77.9 Å². The Morgan fingerprint density at radius 3 is 2.76 bits per heavy atom. The third kappa shape index (κ3) is 2.93. The summed E-state index contributed by atoms with van der Waals surface area (Å²) in [7, 11) is 0. The molecule has 1 heterocycles. The van der Waals surface area contributed by atoms with Gasteiger partial charge in [-0.05, 0) is 78.7 Å². The van der Waals surface area contributed by atoms with Gasteiger partial charge in [0.1, 0.15) is 5.52 Å². The molecular weight excluding hydrogens is 410 g/mol. The zero-order valence-corrected chi connectivity index (χ0v) is 20.2. The Bertz CT molecular complexity index is 1230. The highest BCUT2D eigenvalue weighted by molar-refractivity contribution is 5.82. The van der Waals surface area contributed by atoms with Gasteiger partial charge in [-0.3, -0.25) is 0 Å². The van der Waals surface area contributed by atoms with Crippen molar-refractivity contribution in [3.05, 3.63) is 59.0 Å². The van der Waals surface area contributed by atoms with Crippen LogP contribution < -0.4 is 0 Å². The van der Waals surface area contributed by atoms with E-state index in [0.29, 0.717) is 11.8 Å². The van der Waals surface area contributed by atoms with Gasteiger partial charge in [0.05, 0.1) is 11.7 Å². The summed E-state index contributed by atoms with van der Waals surface area (Å²) in [6.45, 7) is 8.88. The number of aryl methyl sites for hydroxylation is 1. The Balaban J connectivity index is 1.46. The molecule has 1 aromatic heterocycles. The minimum Gasteiger partial charge on any atom is -0.441 e. The molecule has 0 bridgehead atoms. The van der Waals surface area contributed by atoms with Gasteiger partial charge in [0, 0.05) is 18.3 Å². The molecule has 0 radical (unpaired) electrons. The quantitative estimate of drug-likeness (QED) is 0.555. The number of aromatic nitrogens is 1. The highest BCUT2D eigenvalue weighted by Crippen LogP contribution is 2.67. The molecule has 2 aromatic rings. The summed E-state index contributed by atoms with van der Waals surface area (Å²) in [5, 5.41) is 22.6. The van der Waals surface area contributed by atoms with Crippen molar-refractivity contribution >= 4 is 16.7 Å². The molecule has 4 nitrogen and oxygen atoms in total. The summed E-state index contributed by atoms with van der Waals surface area (Å²) < 4.78 is 5.85. The average molecular weight is 446 g/mol. The van der Waals surface area contributed by atoms with Crippen LogP contribution in [-0.4, -0.2) is 26.9 Å². The van der Waals surface area contributed by atoms with Gasteiger partial charge in [0.15, 0.2) is 11.5 Å². The van der Waals surface area contributed by atoms with Crippen molar-refractivity contribution in [2.24, 2.45) is 22.7 Å². The van der Waals surface area contributed by atoms with Crippen molar-refractivity contribution in [2.75, 3.05) is 0 Å². The van der Waals surface area contributed by atoms with Crippen molar-refractivity contribution in [3.63, 3.8) is 0 Å². The van der Waals surface area contributed by atoms with Crippen LogP contribution in [0.3, 0.4) is 0 Å². The zero-order valence-electron chi connectivity index (χ0n) is 20.2. The lowest BCUT2D eigenvalue weighted by Gasteiger charge is -2.56. The molecule has 1 saturated carbocycles. The van der Waals surface area contributed by atoms with Crippen LogP contribution >= 0.6 is 0 Å². The summed E-state index contributed by atoms with van der Waals surface area (Å²) in [5.41, 5.74) is 5.42. The van der Waals surface area contributed by atoms with Gasteiger partial charge in [-0.25, -0.2) is 4.98 Å².